The number of hydrogen-bond acceptors (Lipinski definition) is 4. The van der Waals surface area contributed by atoms with Gasteiger partial charge in [-0.2, -0.15) is 0 Å². The van der Waals surface area contributed by atoms with E-state index in [4.69, 9.17) is 20.9 Å². The summed E-state index contributed by atoms with van der Waals surface area (Å²) in [6.07, 6.45) is 0. The maximum absolute atomic E-state index is 13.9. The van der Waals surface area contributed by atoms with Crippen molar-refractivity contribution in [3.8, 4) is 5.75 Å². The molecule has 3 aromatic rings. The van der Waals surface area contributed by atoms with E-state index >= 15 is 0 Å². The van der Waals surface area contributed by atoms with Gasteiger partial charge in [0.15, 0.2) is 5.69 Å². The molecular weight excluding hydrogens is 359 g/mol. The van der Waals surface area contributed by atoms with Gasteiger partial charge >= 0.3 is 0 Å². The van der Waals surface area contributed by atoms with Gasteiger partial charge in [0.25, 0.3) is 5.91 Å². The summed E-state index contributed by atoms with van der Waals surface area (Å²) in [5.41, 5.74) is 1.43. The van der Waals surface area contributed by atoms with Crippen LogP contribution in [-0.4, -0.2) is 11.1 Å². The maximum atomic E-state index is 13.9. The molecule has 0 atom stereocenters. The van der Waals surface area contributed by atoms with E-state index in [1.165, 1.54) is 6.07 Å². The first-order valence-electron chi connectivity index (χ1n) is 7.85. The number of aryl methyl sites for hydroxylation is 2. The smallest absolute Gasteiger partial charge is 0.278 e. The highest BCUT2D eigenvalue weighted by Crippen LogP contribution is 2.22. The number of hydrogen-bond donors (Lipinski definition) is 1. The Morgan fingerprint density at radius 3 is 2.85 bits per heavy atom. The molecule has 0 aliphatic heterocycles. The Balaban J connectivity index is 1.78. The Morgan fingerprint density at radius 1 is 1.27 bits per heavy atom. The number of nitrogens with zero attached hydrogens (tertiary/aromatic N) is 1. The quantitative estimate of drug-likeness (QED) is 0.688. The van der Waals surface area contributed by atoms with Crippen LogP contribution < -0.4 is 10.1 Å². The second-order valence-electron chi connectivity index (χ2n) is 5.75. The first kappa shape index (κ1) is 17.9. The lowest BCUT2D eigenvalue weighted by Gasteiger charge is -2.08. The van der Waals surface area contributed by atoms with Gasteiger partial charge in [-0.15, -0.1) is 0 Å². The summed E-state index contributed by atoms with van der Waals surface area (Å²) in [7, 11) is 0. The minimum absolute atomic E-state index is 0.0467. The Morgan fingerprint density at radius 2 is 2.08 bits per heavy atom. The lowest BCUT2D eigenvalue weighted by Crippen LogP contribution is -2.16. The van der Waals surface area contributed by atoms with Crippen LogP contribution in [0, 0.1) is 19.7 Å². The molecular formula is C19H16ClFN2O3. The Labute approximate surface area is 154 Å². The molecule has 1 heterocycles. The number of halogens is 2. The van der Waals surface area contributed by atoms with Crippen molar-refractivity contribution in [2.24, 2.45) is 0 Å². The summed E-state index contributed by atoms with van der Waals surface area (Å²) in [4.78, 5) is 12.5. The van der Waals surface area contributed by atoms with E-state index in [9.17, 15) is 9.18 Å². The monoisotopic (exact) mass is 374 g/mol. The summed E-state index contributed by atoms with van der Waals surface area (Å²) in [6.45, 7) is 3.54. The molecule has 0 fully saturated rings. The van der Waals surface area contributed by atoms with E-state index in [2.05, 4.69) is 10.5 Å². The molecule has 3 rings (SSSR count). The molecule has 0 aliphatic carbocycles. The predicted octanol–water partition coefficient (Wildman–Crippen LogP) is 4.92. The van der Waals surface area contributed by atoms with Crippen LogP contribution in [0.25, 0.3) is 0 Å². The van der Waals surface area contributed by atoms with Crippen LogP contribution in [0.4, 0.5) is 10.1 Å². The minimum atomic E-state index is -0.573. The highest BCUT2D eigenvalue weighted by atomic mass is 35.5. The zero-order valence-electron chi connectivity index (χ0n) is 14.2. The summed E-state index contributed by atoms with van der Waals surface area (Å²) in [5, 5.41) is 6.83. The number of nitrogens with one attached hydrogen (secondary N) is 1. The van der Waals surface area contributed by atoms with Crippen LogP contribution in [-0.2, 0) is 6.61 Å². The van der Waals surface area contributed by atoms with Gasteiger partial charge in [-0.05, 0) is 49.7 Å². The number of carbonyl (C=O) groups excluding carboxylic acids is 1. The van der Waals surface area contributed by atoms with Crippen LogP contribution in [0.2, 0.25) is 5.02 Å². The van der Waals surface area contributed by atoms with Crippen molar-refractivity contribution in [1.82, 2.24) is 5.16 Å². The number of carbonyl (C=O) groups is 1. The lowest BCUT2D eigenvalue weighted by atomic mass is 10.1. The van der Waals surface area contributed by atoms with Crippen LogP contribution in [0.1, 0.15) is 27.4 Å². The van der Waals surface area contributed by atoms with Gasteiger partial charge in [0.05, 0.1) is 11.3 Å². The van der Waals surface area contributed by atoms with E-state index in [1.807, 2.05) is 0 Å². The molecule has 26 heavy (non-hydrogen) atoms. The zero-order chi connectivity index (χ0) is 18.7. The maximum Gasteiger partial charge on any atom is 0.278 e. The van der Waals surface area contributed by atoms with Gasteiger partial charge in [-0.1, -0.05) is 28.9 Å². The predicted molar refractivity (Wildman–Crippen MR) is 96.1 cm³/mol. The Kier molecular flexibility index (Phi) is 5.23. The number of benzene rings is 2. The van der Waals surface area contributed by atoms with Gasteiger partial charge in [-0.3, -0.25) is 4.79 Å². The molecule has 0 saturated heterocycles. The molecule has 1 N–H and O–H groups in total. The number of rotatable bonds is 5. The molecule has 1 aromatic heterocycles. The van der Waals surface area contributed by atoms with Crippen molar-refractivity contribution in [2.45, 2.75) is 20.5 Å². The van der Waals surface area contributed by atoms with Crippen molar-refractivity contribution < 1.29 is 18.4 Å². The fraction of sp³-hybridized carbons (Fsp3) is 0.158. The van der Waals surface area contributed by atoms with Gasteiger partial charge in [-0.25, -0.2) is 4.39 Å². The highest BCUT2D eigenvalue weighted by Gasteiger charge is 2.21. The first-order chi connectivity index (χ1) is 12.4. The van der Waals surface area contributed by atoms with Crippen LogP contribution in [0.5, 0.6) is 5.75 Å². The van der Waals surface area contributed by atoms with Crippen molar-refractivity contribution in [2.75, 3.05) is 5.32 Å². The topological polar surface area (TPSA) is 64.4 Å². The van der Waals surface area contributed by atoms with Crippen molar-refractivity contribution >= 4 is 23.2 Å². The molecule has 0 bridgehead atoms. The van der Waals surface area contributed by atoms with E-state index in [0.717, 1.165) is 5.56 Å². The molecule has 0 aliphatic rings. The lowest BCUT2D eigenvalue weighted by molar-refractivity contribution is 0.101. The summed E-state index contributed by atoms with van der Waals surface area (Å²) < 4.78 is 24.6. The van der Waals surface area contributed by atoms with Gasteiger partial charge in [0.2, 0.25) is 0 Å². The van der Waals surface area contributed by atoms with Crippen molar-refractivity contribution in [3.05, 3.63) is 75.9 Å². The van der Waals surface area contributed by atoms with E-state index < -0.39 is 11.7 Å². The highest BCUT2D eigenvalue weighted by molar-refractivity contribution is 6.30. The molecule has 2 aromatic carbocycles. The zero-order valence-corrected chi connectivity index (χ0v) is 14.9. The third-order valence-electron chi connectivity index (χ3n) is 3.75. The molecule has 134 valence electrons. The summed E-state index contributed by atoms with van der Waals surface area (Å²) in [6, 6.07) is 11.4. The normalized spacial score (nSPS) is 10.6. The Bertz CT molecular complexity index is 956. The average molecular weight is 375 g/mol. The van der Waals surface area contributed by atoms with Crippen LogP contribution >= 0.6 is 11.6 Å². The molecule has 0 unspecified atom stereocenters. The molecule has 0 saturated carbocycles. The third kappa shape index (κ3) is 4.03. The van der Waals surface area contributed by atoms with E-state index in [1.54, 1.807) is 50.2 Å². The second kappa shape index (κ2) is 7.58. The molecule has 7 heteroatoms. The fourth-order valence-corrected chi connectivity index (χ4v) is 2.55. The van der Waals surface area contributed by atoms with E-state index in [0.29, 0.717) is 22.1 Å². The van der Waals surface area contributed by atoms with Gasteiger partial charge in [0, 0.05) is 5.02 Å². The number of aromatic nitrogens is 1. The van der Waals surface area contributed by atoms with Gasteiger partial charge in [0.1, 0.15) is 23.9 Å². The first-order valence-corrected chi connectivity index (χ1v) is 8.23. The van der Waals surface area contributed by atoms with E-state index in [-0.39, 0.29) is 18.0 Å². The van der Waals surface area contributed by atoms with Crippen molar-refractivity contribution in [1.29, 1.82) is 0 Å². The van der Waals surface area contributed by atoms with Crippen molar-refractivity contribution in [3.63, 3.8) is 0 Å². The molecule has 0 radical (unpaired) electrons. The summed E-state index contributed by atoms with van der Waals surface area (Å²) >= 11 is 5.93. The third-order valence-corrected chi connectivity index (χ3v) is 3.98. The average Bonchev–Trinajstić information content (AvgIpc) is 2.97. The number of anilines is 1. The number of ether oxygens (including phenoxy) is 1. The van der Waals surface area contributed by atoms with Crippen LogP contribution in [0.3, 0.4) is 0 Å². The van der Waals surface area contributed by atoms with Crippen LogP contribution in [0.15, 0.2) is 47.0 Å². The minimum Gasteiger partial charge on any atom is -0.489 e. The fourth-order valence-electron chi connectivity index (χ4n) is 2.37. The second-order valence-corrected chi connectivity index (χ2v) is 6.19. The largest absolute Gasteiger partial charge is 0.489 e. The molecule has 0 spiro atoms. The SMILES string of the molecule is Cc1ccc(F)c(NC(=O)c2noc(C)c2COc2cccc(Cl)c2)c1. The molecule has 1 amide bonds. The number of amides is 1. The van der Waals surface area contributed by atoms with Gasteiger partial charge < -0.3 is 14.6 Å². The standard InChI is InChI=1S/C19H16ClFN2O3/c1-11-6-7-16(21)17(8-11)22-19(24)18-15(12(2)26-23-18)10-25-14-5-3-4-13(20)9-14/h3-9H,10H2,1-2H3,(H,22,24). The summed E-state index contributed by atoms with van der Waals surface area (Å²) in [5.74, 6) is -0.104. The Hall–Kier alpha value is -2.86. The molecule has 5 nitrogen and oxygen atoms in total.